The standard InChI is InChI=1S/C23H19N3O4S/c27-21(9-7-17-4-1-2-11-24-17)26-15-22(28)25(12-10-18-5-3-13-31-18)19-8-6-16(23(29)30)14-20(19)26/h1-9,11,13-14H,10,12,15H2,(H,29,30)/b9-7+. The number of nitrogens with zero attached hydrogens (tertiary/aromatic N) is 3. The first-order valence-corrected chi connectivity index (χ1v) is 10.5. The zero-order chi connectivity index (χ0) is 21.8. The smallest absolute Gasteiger partial charge is 0.335 e. The highest BCUT2D eigenvalue weighted by molar-refractivity contribution is 7.09. The molecule has 0 aliphatic carbocycles. The Bertz CT molecular complexity index is 1140. The molecule has 0 spiro atoms. The molecule has 1 aromatic carbocycles. The second-order valence-corrected chi connectivity index (χ2v) is 7.93. The number of anilines is 2. The highest BCUT2D eigenvalue weighted by atomic mass is 32.1. The van der Waals surface area contributed by atoms with Crippen LogP contribution in [0.25, 0.3) is 6.08 Å². The van der Waals surface area contributed by atoms with E-state index in [9.17, 15) is 19.5 Å². The lowest BCUT2D eigenvalue weighted by molar-refractivity contribution is -0.120. The van der Waals surface area contributed by atoms with E-state index in [2.05, 4.69) is 4.98 Å². The summed E-state index contributed by atoms with van der Waals surface area (Å²) in [6, 6.07) is 13.8. The normalized spacial score (nSPS) is 13.5. The quantitative estimate of drug-likeness (QED) is 0.601. The minimum absolute atomic E-state index is 0.0535. The van der Waals surface area contributed by atoms with Crippen molar-refractivity contribution >= 4 is 46.6 Å². The summed E-state index contributed by atoms with van der Waals surface area (Å²) in [4.78, 5) is 45.5. The molecule has 1 aliphatic rings. The zero-order valence-corrected chi connectivity index (χ0v) is 17.3. The minimum atomic E-state index is -1.10. The Kier molecular flexibility index (Phi) is 5.90. The number of carbonyl (C=O) groups is 3. The highest BCUT2D eigenvalue weighted by Crippen LogP contribution is 2.35. The topological polar surface area (TPSA) is 90.8 Å². The maximum absolute atomic E-state index is 12.9. The van der Waals surface area contributed by atoms with Crippen molar-refractivity contribution in [2.75, 3.05) is 22.9 Å². The van der Waals surface area contributed by atoms with Crippen molar-refractivity contribution in [3.8, 4) is 0 Å². The Hall–Kier alpha value is -3.78. The van der Waals surface area contributed by atoms with Crippen LogP contribution in [0.2, 0.25) is 0 Å². The van der Waals surface area contributed by atoms with Crippen molar-refractivity contribution in [2.24, 2.45) is 0 Å². The van der Waals surface area contributed by atoms with Crippen LogP contribution in [0, 0.1) is 0 Å². The van der Waals surface area contributed by atoms with Gasteiger partial charge >= 0.3 is 5.97 Å². The summed E-state index contributed by atoms with van der Waals surface area (Å²) in [5.74, 6) is -1.73. The van der Waals surface area contributed by atoms with Crippen LogP contribution in [0.4, 0.5) is 11.4 Å². The van der Waals surface area contributed by atoms with Gasteiger partial charge in [-0.1, -0.05) is 12.1 Å². The maximum atomic E-state index is 12.9. The van der Waals surface area contributed by atoms with E-state index in [0.717, 1.165) is 4.88 Å². The Labute approximate surface area is 182 Å². The van der Waals surface area contributed by atoms with Crippen molar-refractivity contribution in [3.63, 3.8) is 0 Å². The number of fused-ring (bicyclic) bond motifs is 1. The summed E-state index contributed by atoms with van der Waals surface area (Å²) in [5, 5.41) is 11.4. The monoisotopic (exact) mass is 433 g/mol. The molecule has 8 heteroatoms. The van der Waals surface area contributed by atoms with Gasteiger partial charge in [0.1, 0.15) is 6.54 Å². The molecule has 0 radical (unpaired) electrons. The highest BCUT2D eigenvalue weighted by Gasteiger charge is 2.32. The number of thiophene rings is 1. The van der Waals surface area contributed by atoms with E-state index < -0.39 is 11.9 Å². The zero-order valence-electron chi connectivity index (χ0n) is 16.5. The van der Waals surface area contributed by atoms with E-state index in [0.29, 0.717) is 30.0 Å². The first-order valence-electron chi connectivity index (χ1n) is 9.63. The summed E-state index contributed by atoms with van der Waals surface area (Å²) in [7, 11) is 0. The van der Waals surface area contributed by atoms with E-state index in [-0.39, 0.29) is 18.0 Å². The summed E-state index contributed by atoms with van der Waals surface area (Å²) in [6.45, 7) is 0.288. The van der Waals surface area contributed by atoms with Crippen LogP contribution in [-0.2, 0) is 16.0 Å². The van der Waals surface area contributed by atoms with E-state index in [1.54, 1.807) is 46.7 Å². The largest absolute Gasteiger partial charge is 0.478 e. The number of carbonyl (C=O) groups excluding carboxylic acids is 2. The molecular weight excluding hydrogens is 414 g/mol. The van der Waals surface area contributed by atoms with E-state index in [1.807, 2.05) is 23.6 Å². The number of amides is 2. The van der Waals surface area contributed by atoms with Gasteiger partial charge in [-0.25, -0.2) is 4.79 Å². The predicted octanol–water partition coefficient (Wildman–Crippen LogP) is 3.48. The molecule has 1 N–H and O–H groups in total. The molecule has 0 saturated heterocycles. The average molecular weight is 433 g/mol. The van der Waals surface area contributed by atoms with Gasteiger partial charge in [-0.3, -0.25) is 19.5 Å². The van der Waals surface area contributed by atoms with Gasteiger partial charge in [0, 0.05) is 23.7 Å². The lowest BCUT2D eigenvalue weighted by Crippen LogP contribution is -2.48. The molecule has 2 aromatic heterocycles. The summed E-state index contributed by atoms with van der Waals surface area (Å²) in [5.41, 5.74) is 1.59. The summed E-state index contributed by atoms with van der Waals surface area (Å²) < 4.78 is 0. The number of benzene rings is 1. The van der Waals surface area contributed by atoms with Crippen molar-refractivity contribution < 1.29 is 19.5 Å². The Morgan fingerprint density at radius 1 is 1.13 bits per heavy atom. The molecule has 31 heavy (non-hydrogen) atoms. The van der Waals surface area contributed by atoms with Crippen LogP contribution in [0.3, 0.4) is 0 Å². The molecule has 0 fully saturated rings. The molecular formula is C23H19N3O4S. The molecule has 7 nitrogen and oxygen atoms in total. The van der Waals surface area contributed by atoms with Gasteiger partial charge in [0.25, 0.3) is 5.91 Å². The number of hydrogen-bond donors (Lipinski definition) is 1. The fourth-order valence-electron chi connectivity index (χ4n) is 3.38. The fraction of sp³-hybridized carbons (Fsp3) is 0.130. The van der Waals surface area contributed by atoms with Gasteiger partial charge in [0.05, 0.1) is 22.6 Å². The Morgan fingerprint density at radius 3 is 2.71 bits per heavy atom. The lowest BCUT2D eigenvalue weighted by Gasteiger charge is -2.36. The Morgan fingerprint density at radius 2 is 2.00 bits per heavy atom. The molecule has 1 aliphatic heterocycles. The number of aromatic nitrogens is 1. The van der Waals surface area contributed by atoms with Gasteiger partial charge in [-0.15, -0.1) is 11.3 Å². The van der Waals surface area contributed by atoms with Gasteiger partial charge in [0.15, 0.2) is 0 Å². The molecule has 0 atom stereocenters. The third kappa shape index (κ3) is 4.54. The number of carboxylic acid groups (broad SMARTS) is 1. The number of rotatable bonds is 6. The summed E-state index contributed by atoms with van der Waals surface area (Å²) in [6.07, 6.45) is 5.20. The van der Waals surface area contributed by atoms with Crippen LogP contribution < -0.4 is 9.80 Å². The van der Waals surface area contributed by atoms with E-state index in [1.165, 1.54) is 23.1 Å². The van der Waals surface area contributed by atoms with Crippen LogP contribution in [-0.4, -0.2) is 41.0 Å². The number of aromatic carboxylic acids is 1. The van der Waals surface area contributed by atoms with Crippen molar-refractivity contribution in [1.82, 2.24) is 4.98 Å². The fourth-order valence-corrected chi connectivity index (χ4v) is 4.08. The first-order chi connectivity index (χ1) is 15.0. The number of carboxylic acids is 1. The van der Waals surface area contributed by atoms with Crippen molar-refractivity contribution in [1.29, 1.82) is 0 Å². The molecule has 3 aromatic rings. The molecule has 156 valence electrons. The van der Waals surface area contributed by atoms with Gasteiger partial charge in [0.2, 0.25) is 5.91 Å². The molecule has 0 unspecified atom stereocenters. The van der Waals surface area contributed by atoms with Crippen molar-refractivity contribution in [3.05, 3.63) is 82.3 Å². The molecule has 0 bridgehead atoms. The van der Waals surface area contributed by atoms with Gasteiger partial charge in [-0.05, 0) is 54.3 Å². The van der Waals surface area contributed by atoms with Crippen molar-refractivity contribution in [2.45, 2.75) is 6.42 Å². The maximum Gasteiger partial charge on any atom is 0.335 e. The molecule has 2 amide bonds. The predicted molar refractivity (Wildman–Crippen MR) is 119 cm³/mol. The third-order valence-electron chi connectivity index (χ3n) is 4.91. The third-order valence-corrected chi connectivity index (χ3v) is 5.85. The SMILES string of the molecule is O=C(O)c1ccc2c(c1)N(C(=O)/C=C/c1ccccn1)CC(=O)N2CCc1cccs1. The van der Waals surface area contributed by atoms with Crippen LogP contribution in [0.1, 0.15) is 20.9 Å². The van der Waals surface area contributed by atoms with E-state index >= 15 is 0 Å². The average Bonchev–Trinajstić information content (AvgIpc) is 3.30. The summed E-state index contributed by atoms with van der Waals surface area (Å²) >= 11 is 1.62. The van der Waals surface area contributed by atoms with Crippen LogP contribution >= 0.6 is 11.3 Å². The van der Waals surface area contributed by atoms with Crippen LogP contribution in [0.5, 0.6) is 0 Å². The minimum Gasteiger partial charge on any atom is -0.478 e. The number of pyridine rings is 1. The number of hydrogen-bond acceptors (Lipinski definition) is 5. The van der Waals surface area contributed by atoms with Gasteiger partial charge in [-0.2, -0.15) is 0 Å². The second-order valence-electron chi connectivity index (χ2n) is 6.90. The van der Waals surface area contributed by atoms with E-state index in [4.69, 9.17) is 0 Å². The van der Waals surface area contributed by atoms with Gasteiger partial charge < -0.3 is 10.0 Å². The lowest BCUT2D eigenvalue weighted by atomic mass is 10.1. The molecule has 4 rings (SSSR count). The second kappa shape index (κ2) is 8.93. The molecule has 3 heterocycles. The Balaban J connectivity index is 1.65. The van der Waals surface area contributed by atoms with Crippen LogP contribution in [0.15, 0.2) is 66.2 Å². The molecule has 0 saturated carbocycles. The first kappa shape index (κ1) is 20.5.